The molecule has 0 aliphatic rings. The molecular weight excluding hydrogens is 308 g/mol. The molecule has 0 amide bonds. The molecule has 110 valence electrons. The molecule has 0 atom stereocenters. The van der Waals surface area contributed by atoms with Gasteiger partial charge in [-0.3, -0.25) is 4.40 Å². The Morgan fingerprint density at radius 1 is 1.38 bits per heavy atom. The average Bonchev–Trinajstić information content (AvgIpc) is 2.97. The van der Waals surface area contributed by atoms with E-state index in [0.717, 1.165) is 11.1 Å². The lowest BCUT2D eigenvalue weighted by Crippen LogP contribution is -2.25. The summed E-state index contributed by atoms with van der Waals surface area (Å²) in [4.78, 5) is 4.61. The molecular formula is C13H14N4O2S2. The first-order valence-corrected chi connectivity index (χ1v) is 8.60. The van der Waals surface area contributed by atoms with Crippen LogP contribution in [0.3, 0.4) is 0 Å². The zero-order chi connectivity index (χ0) is 15.0. The van der Waals surface area contributed by atoms with Crippen molar-refractivity contribution in [2.24, 2.45) is 0 Å². The van der Waals surface area contributed by atoms with Gasteiger partial charge in [-0.15, -0.1) is 11.3 Å². The van der Waals surface area contributed by atoms with Crippen LogP contribution in [-0.4, -0.2) is 17.8 Å². The molecule has 0 saturated carbocycles. The number of fused-ring (bicyclic) bond motifs is 1. The third kappa shape index (κ3) is 2.53. The molecule has 0 saturated heterocycles. The Balaban J connectivity index is 1.93. The minimum absolute atomic E-state index is 0.00710. The summed E-state index contributed by atoms with van der Waals surface area (Å²) in [6.07, 6.45) is 1.64. The Labute approximate surface area is 126 Å². The van der Waals surface area contributed by atoms with Crippen molar-refractivity contribution in [3.05, 3.63) is 47.0 Å². The highest BCUT2D eigenvalue weighted by Gasteiger charge is 2.24. The van der Waals surface area contributed by atoms with Gasteiger partial charge in [-0.05, 0) is 18.1 Å². The molecule has 6 nitrogen and oxygen atoms in total. The molecule has 1 aromatic carbocycles. The second kappa shape index (κ2) is 5.14. The van der Waals surface area contributed by atoms with Crippen LogP contribution in [0.1, 0.15) is 11.1 Å². The van der Waals surface area contributed by atoms with Crippen molar-refractivity contribution in [3.8, 4) is 0 Å². The van der Waals surface area contributed by atoms with Gasteiger partial charge in [0.05, 0.1) is 0 Å². The first-order chi connectivity index (χ1) is 9.99. The largest absolute Gasteiger partial charge is 0.381 e. The number of hydrogen-bond donors (Lipinski definition) is 2. The highest BCUT2D eigenvalue weighted by atomic mass is 32.2. The van der Waals surface area contributed by atoms with Crippen LogP contribution < -0.4 is 10.5 Å². The second-order valence-electron chi connectivity index (χ2n) is 4.61. The molecule has 0 unspecified atom stereocenters. The maximum Gasteiger partial charge on any atom is 0.260 e. The molecule has 0 aliphatic carbocycles. The fourth-order valence-electron chi connectivity index (χ4n) is 2.10. The fourth-order valence-corrected chi connectivity index (χ4v) is 4.09. The van der Waals surface area contributed by atoms with Crippen molar-refractivity contribution >= 4 is 32.1 Å². The van der Waals surface area contributed by atoms with Crippen LogP contribution in [0.2, 0.25) is 0 Å². The van der Waals surface area contributed by atoms with Gasteiger partial charge in [0, 0.05) is 18.1 Å². The highest BCUT2D eigenvalue weighted by molar-refractivity contribution is 7.89. The second-order valence-corrected chi connectivity index (χ2v) is 7.16. The van der Waals surface area contributed by atoms with Gasteiger partial charge < -0.3 is 5.73 Å². The van der Waals surface area contributed by atoms with Crippen LogP contribution in [0, 0.1) is 6.92 Å². The topological polar surface area (TPSA) is 89.5 Å². The lowest BCUT2D eigenvalue weighted by atomic mass is 10.1. The minimum Gasteiger partial charge on any atom is -0.381 e. The maximum absolute atomic E-state index is 12.5. The van der Waals surface area contributed by atoms with E-state index in [2.05, 4.69) is 9.71 Å². The summed E-state index contributed by atoms with van der Waals surface area (Å²) in [5, 5.41) is 1.76. The van der Waals surface area contributed by atoms with E-state index < -0.39 is 10.0 Å². The maximum atomic E-state index is 12.5. The SMILES string of the molecule is Cc1ccccc1CNS(=O)(=O)c1c(N)nc2sccn12. The smallest absolute Gasteiger partial charge is 0.260 e. The summed E-state index contributed by atoms with van der Waals surface area (Å²) in [7, 11) is -3.73. The summed E-state index contributed by atoms with van der Waals surface area (Å²) in [6, 6.07) is 7.61. The van der Waals surface area contributed by atoms with Gasteiger partial charge in [0.1, 0.15) is 0 Å². The summed E-state index contributed by atoms with van der Waals surface area (Å²) in [5.74, 6) is 0.0131. The van der Waals surface area contributed by atoms with Crippen molar-refractivity contribution in [1.29, 1.82) is 0 Å². The van der Waals surface area contributed by atoms with Gasteiger partial charge in [0.2, 0.25) is 0 Å². The first kappa shape index (κ1) is 14.1. The van der Waals surface area contributed by atoms with E-state index in [1.165, 1.54) is 15.7 Å². The molecule has 0 fully saturated rings. The van der Waals surface area contributed by atoms with Gasteiger partial charge in [-0.1, -0.05) is 24.3 Å². The standard InChI is InChI=1S/C13H14N4O2S2/c1-9-4-2-3-5-10(9)8-15-21(18,19)12-11(14)16-13-17(12)6-7-20-13/h2-7,15H,8,14H2,1H3. The van der Waals surface area contributed by atoms with Crippen molar-refractivity contribution in [1.82, 2.24) is 14.1 Å². The summed E-state index contributed by atoms with van der Waals surface area (Å²) in [5.41, 5.74) is 7.69. The average molecular weight is 322 g/mol. The molecule has 3 N–H and O–H groups in total. The van der Waals surface area contributed by atoms with Crippen molar-refractivity contribution in [2.45, 2.75) is 18.5 Å². The van der Waals surface area contributed by atoms with E-state index >= 15 is 0 Å². The molecule has 0 aliphatic heterocycles. The number of thiazole rings is 1. The molecule has 21 heavy (non-hydrogen) atoms. The Bertz CT molecular complexity index is 896. The molecule has 3 aromatic rings. The number of anilines is 1. The van der Waals surface area contributed by atoms with E-state index in [0.29, 0.717) is 4.96 Å². The van der Waals surface area contributed by atoms with E-state index in [9.17, 15) is 8.42 Å². The number of rotatable bonds is 4. The van der Waals surface area contributed by atoms with E-state index in [1.54, 1.807) is 11.6 Å². The van der Waals surface area contributed by atoms with E-state index in [4.69, 9.17) is 5.73 Å². The molecule has 0 radical (unpaired) electrons. The normalized spacial score (nSPS) is 12.0. The number of aryl methyl sites for hydroxylation is 1. The predicted octanol–water partition coefficient (Wildman–Crippen LogP) is 1.76. The van der Waals surface area contributed by atoms with Crippen molar-refractivity contribution in [3.63, 3.8) is 0 Å². The zero-order valence-corrected chi connectivity index (χ0v) is 12.9. The first-order valence-electron chi connectivity index (χ1n) is 6.24. The van der Waals surface area contributed by atoms with Crippen LogP contribution in [0.15, 0.2) is 40.9 Å². The Morgan fingerprint density at radius 2 is 2.14 bits per heavy atom. The van der Waals surface area contributed by atoms with E-state index in [1.807, 2.05) is 31.2 Å². The number of nitrogens with two attached hydrogens (primary N) is 1. The van der Waals surface area contributed by atoms with Gasteiger partial charge in [0.25, 0.3) is 10.0 Å². The van der Waals surface area contributed by atoms with Gasteiger partial charge in [0.15, 0.2) is 15.8 Å². The zero-order valence-electron chi connectivity index (χ0n) is 11.3. The van der Waals surface area contributed by atoms with Crippen LogP contribution >= 0.6 is 11.3 Å². The van der Waals surface area contributed by atoms with Gasteiger partial charge in [-0.25, -0.2) is 18.1 Å². The minimum atomic E-state index is -3.73. The molecule has 8 heteroatoms. The van der Waals surface area contributed by atoms with Crippen LogP contribution in [0.4, 0.5) is 5.82 Å². The molecule has 3 rings (SSSR count). The third-order valence-corrected chi connectivity index (χ3v) is 5.41. The summed E-state index contributed by atoms with van der Waals surface area (Å²) >= 11 is 1.33. The number of imidazole rings is 1. The highest BCUT2D eigenvalue weighted by Crippen LogP contribution is 2.23. The number of hydrogen-bond acceptors (Lipinski definition) is 5. The van der Waals surface area contributed by atoms with Crippen LogP contribution in [-0.2, 0) is 16.6 Å². The molecule has 0 spiro atoms. The lowest BCUT2D eigenvalue weighted by molar-refractivity contribution is 0.577. The summed E-state index contributed by atoms with van der Waals surface area (Å²) < 4.78 is 29.0. The monoisotopic (exact) mass is 322 g/mol. The quantitative estimate of drug-likeness (QED) is 0.766. The fraction of sp³-hybridized carbons (Fsp3) is 0.154. The summed E-state index contributed by atoms with van der Waals surface area (Å²) in [6.45, 7) is 2.15. The van der Waals surface area contributed by atoms with Crippen LogP contribution in [0.5, 0.6) is 0 Å². The molecule has 2 heterocycles. The number of benzene rings is 1. The molecule has 0 bridgehead atoms. The van der Waals surface area contributed by atoms with Crippen LogP contribution in [0.25, 0.3) is 4.96 Å². The van der Waals surface area contributed by atoms with E-state index in [-0.39, 0.29) is 17.4 Å². The number of nitrogens with zero attached hydrogens (tertiary/aromatic N) is 2. The Morgan fingerprint density at radius 3 is 2.90 bits per heavy atom. The molecule has 2 aromatic heterocycles. The number of aromatic nitrogens is 2. The number of nitrogens with one attached hydrogen (secondary N) is 1. The predicted molar refractivity (Wildman–Crippen MR) is 82.7 cm³/mol. The van der Waals surface area contributed by atoms with Gasteiger partial charge >= 0.3 is 0 Å². The number of sulfonamides is 1. The van der Waals surface area contributed by atoms with Gasteiger partial charge in [-0.2, -0.15) is 0 Å². The van der Waals surface area contributed by atoms with Crippen molar-refractivity contribution in [2.75, 3.05) is 5.73 Å². The third-order valence-electron chi connectivity index (χ3n) is 3.21. The Kier molecular flexibility index (Phi) is 3.44. The number of nitrogen functional groups attached to an aromatic ring is 1. The van der Waals surface area contributed by atoms with Crippen molar-refractivity contribution < 1.29 is 8.42 Å². The lowest BCUT2D eigenvalue weighted by Gasteiger charge is -2.08. The Hall–Kier alpha value is -1.90.